The van der Waals surface area contributed by atoms with Crippen molar-refractivity contribution in [2.24, 2.45) is 0 Å². The number of carbonyl (C=O) groups excluding carboxylic acids is 1. The van der Waals surface area contributed by atoms with Crippen LogP contribution in [0.15, 0.2) is 0 Å². The molecular formula is C10H22N2O2. The molecule has 1 amide bonds. The Hall–Kier alpha value is -0.610. The van der Waals surface area contributed by atoms with Gasteiger partial charge in [0.2, 0.25) is 5.91 Å². The van der Waals surface area contributed by atoms with Gasteiger partial charge in [0.15, 0.2) is 0 Å². The molecule has 0 aliphatic carbocycles. The first-order valence-corrected chi connectivity index (χ1v) is 4.91. The van der Waals surface area contributed by atoms with E-state index < -0.39 is 0 Å². The van der Waals surface area contributed by atoms with Crippen molar-refractivity contribution in [1.82, 2.24) is 10.6 Å². The highest BCUT2D eigenvalue weighted by Crippen LogP contribution is 2.00. The zero-order valence-corrected chi connectivity index (χ0v) is 9.81. The molecule has 0 heterocycles. The van der Waals surface area contributed by atoms with E-state index in [0.717, 1.165) is 0 Å². The highest BCUT2D eigenvalue weighted by molar-refractivity contribution is 5.81. The first kappa shape index (κ1) is 13.4. The van der Waals surface area contributed by atoms with Crippen LogP contribution in [0, 0.1) is 0 Å². The summed E-state index contributed by atoms with van der Waals surface area (Å²) in [6.45, 7) is 9.07. The standard InChI is InChI=1S/C10H22N2O2/c1-8(12-10(2,3)4)9(13)11-6-7-14-5/h8,12H,6-7H2,1-5H3,(H,11,13). The van der Waals surface area contributed by atoms with E-state index in [9.17, 15) is 4.79 Å². The first-order chi connectivity index (χ1) is 6.37. The molecule has 0 fully saturated rings. The Kier molecular flexibility index (Phi) is 5.72. The summed E-state index contributed by atoms with van der Waals surface area (Å²) < 4.78 is 4.84. The van der Waals surface area contributed by atoms with Gasteiger partial charge in [-0.25, -0.2) is 0 Å². The fraction of sp³-hybridized carbons (Fsp3) is 0.900. The van der Waals surface area contributed by atoms with Gasteiger partial charge in [0.1, 0.15) is 0 Å². The summed E-state index contributed by atoms with van der Waals surface area (Å²) >= 11 is 0. The van der Waals surface area contributed by atoms with Gasteiger partial charge in [0.05, 0.1) is 12.6 Å². The Morgan fingerprint density at radius 2 is 2.00 bits per heavy atom. The molecule has 1 atom stereocenters. The van der Waals surface area contributed by atoms with Crippen molar-refractivity contribution in [2.45, 2.75) is 39.3 Å². The number of methoxy groups -OCH3 is 1. The molecule has 14 heavy (non-hydrogen) atoms. The molecule has 0 spiro atoms. The molecule has 0 aliphatic rings. The molecule has 0 aromatic carbocycles. The van der Waals surface area contributed by atoms with Gasteiger partial charge in [-0.1, -0.05) is 0 Å². The zero-order chi connectivity index (χ0) is 11.2. The number of nitrogens with one attached hydrogen (secondary N) is 2. The molecule has 0 saturated carbocycles. The second-order valence-electron chi connectivity index (χ2n) is 4.40. The maximum absolute atomic E-state index is 11.5. The maximum Gasteiger partial charge on any atom is 0.236 e. The van der Waals surface area contributed by atoms with E-state index >= 15 is 0 Å². The molecule has 0 aliphatic heterocycles. The van der Waals surface area contributed by atoms with Crippen molar-refractivity contribution in [1.29, 1.82) is 0 Å². The minimum Gasteiger partial charge on any atom is -0.383 e. The third-order valence-electron chi connectivity index (χ3n) is 1.65. The number of hydrogen-bond acceptors (Lipinski definition) is 3. The fourth-order valence-electron chi connectivity index (χ4n) is 1.14. The maximum atomic E-state index is 11.5. The highest BCUT2D eigenvalue weighted by atomic mass is 16.5. The van der Waals surface area contributed by atoms with Crippen molar-refractivity contribution in [3.8, 4) is 0 Å². The molecule has 0 saturated heterocycles. The summed E-state index contributed by atoms with van der Waals surface area (Å²) in [5.41, 5.74) is -0.0436. The molecular weight excluding hydrogens is 180 g/mol. The third kappa shape index (κ3) is 6.86. The van der Waals surface area contributed by atoms with Crippen molar-refractivity contribution in [2.75, 3.05) is 20.3 Å². The summed E-state index contributed by atoms with van der Waals surface area (Å²) in [4.78, 5) is 11.5. The van der Waals surface area contributed by atoms with Gasteiger partial charge in [0, 0.05) is 19.2 Å². The quantitative estimate of drug-likeness (QED) is 0.639. The van der Waals surface area contributed by atoms with Crippen molar-refractivity contribution in [3.63, 3.8) is 0 Å². The smallest absolute Gasteiger partial charge is 0.236 e. The molecule has 84 valence electrons. The van der Waals surface area contributed by atoms with E-state index in [2.05, 4.69) is 10.6 Å². The molecule has 2 N–H and O–H groups in total. The molecule has 0 aromatic heterocycles. The molecule has 0 aromatic rings. The Morgan fingerprint density at radius 3 is 2.43 bits per heavy atom. The van der Waals surface area contributed by atoms with Crippen molar-refractivity contribution >= 4 is 5.91 Å². The first-order valence-electron chi connectivity index (χ1n) is 4.91. The summed E-state index contributed by atoms with van der Waals surface area (Å²) in [5.74, 6) is 0.0111. The van der Waals surface area contributed by atoms with Crippen LogP contribution in [0.2, 0.25) is 0 Å². The van der Waals surface area contributed by atoms with Gasteiger partial charge in [0.25, 0.3) is 0 Å². The zero-order valence-electron chi connectivity index (χ0n) is 9.81. The van der Waals surface area contributed by atoms with Gasteiger partial charge < -0.3 is 15.4 Å². The Labute approximate surface area is 86.4 Å². The van der Waals surface area contributed by atoms with Gasteiger partial charge >= 0.3 is 0 Å². The average Bonchev–Trinajstić information content (AvgIpc) is 2.01. The van der Waals surface area contributed by atoms with E-state index in [1.165, 1.54) is 0 Å². The Morgan fingerprint density at radius 1 is 1.43 bits per heavy atom. The SMILES string of the molecule is COCCNC(=O)C(C)NC(C)(C)C. The second-order valence-corrected chi connectivity index (χ2v) is 4.40. The number of carbonyl (C=O) groups is 1. The van der Waals surface area contributed by atoms with Gasteiger partial charge in [-0.15, -0.1) is 0 Å². The van der Waals surface area contributed by atoms with Gasteiger partial charge in [-0.05, 0) is 27.7 Å². The minimum atomic E-state index is -0.174. The van der Waals surface area contributed by atoms with E-state index in [0.29, 0.717) is 13.2 Å². The second kappa shape index (κ2) is 5.98. The highest BCUT2D eigenvalue weighted by Gasteiger charge is 2.18. The molecule has 0 radical (unpaired) electrons. The molecule has 4 heteroatoms. The van der Waals surface area contributed by atoms with Crippen LogP contribution in [0.25, 0.3) is 0 Å². The van der Waals surface area contributed by atoms with E-state index in [4.69, 9.17) is 4.74 Å². The van der Waals surface area contributed by atoms with Crippen LogP contribution in [0.3, 0.4) is 0 Å². The third-order valence-corrected chi connectivity index (χ3v) is 1.65. The number of hydrogen-bond donors (Lipinski definition) is 2. The van der Waals surface area contributed by atoms with Crippen LogP contribution in [-0.4, -0.2) is 37.7 Å². The lowest BCUT2D eigenvalue weighted by Crippen LogP contribution is -2.50. The summed E-state index contributed by atoms with van der Waals surface area (Å²) in [6.07, 6.45) is 0. The normalized spacial score (nSPS) is 13.8. The minimum absolute atomic E-state index is 0.0111. The van der Waals surface area contributed by atoms with E-state index in [-0.39, 0.29) is 17.5 Å². The van der Waals surface area contributed by atoms with Crippen LogP contribution >= 0.6 is 0 Å². The summed E-state index contributed by atoms with van der Waals surface area (Å²) in [5, 5.41) is 5.97. The Balaban J connectivity index is 3.77. The molecule has 1 unspecified atom stereocenters. The number of ether oxygens (including phenoxy) is 1. The van der Waals surface area contributed by atoms with Crippen molar-refractivity contribution in [3.05, 3.63) is 0 Å². The molecule has 0 rings (SSSR count). The van der Waals surface area contributed by atoms with Crippen LogP contribution in [-0.2, 0) is 9.53 Å². The predicted octanol–water partition coefficient (Wildman–Crippen LogP) is 0.526. The lowest BCUT2D eigenvalue weighted by atomic mass is 10.1. The van der Waals surface area contributed by atoms with E-state index in [1.54, 1.807) is 7.11 Å². The fourth-order valence-corrected chi connectivity index (χ4v) is 1.14. The van der Waals surface area contributed by atoms with Crippen LogP contribution in [0.4, 0.5) is 0 Å². The topological polar surface area (TPSA) is 50.4 Å². The summed E-state index contributed by atoms with van der Waals surface area (Å²) in [6, 6.07) is -0.174. The lowest BCUT2D eigenvalue weighted by Gasteiger charge is -2.25. The summed E-state index contributed by atoms with van der Waals surface area (Å²) in [7, 11) is 1.61. The average molecular weight is 202 g/mol. The monoisotopic (exact) mass is 202 g/mol. The van der Waals surface area contributed by atoms with Crippen LogP contribution < -0.4 is 10.6 Å². The van der Waals surface area contributed by atoms with E-state index in [1.807, 2.05) is 27.7 Å². The van der Waals surface area contributed by atoms with Gasteiger partial charge in [-0.2, -0.15) is 0 Å². The number of rotatable bonds is 5. The van der Waals surface area contributed by atoms with Gasteiger partial charge in [-0.3, -0.25) is 4.79 Å². The van der Waals surface area contributed by atoms with Crippen molar-refractivity contribution < 1.29 is 9.53 Å². The lowest BCUT2D eigenvalue weighted by molar-refractivity contribution is -0.123. The Bertz CT molecular complexity index is 175. The molecule has 0 bridgehead atoms. The predicted molar refractivity (Wildman–Crippen MR) is 57.2 cm³/mol. The number of amides is 1. The largest absolute Gasteiger partial charge is 0.383 e. The van der Waals surface area contributed by atoms with Crippen LogP contribution in [0.1, 0.15) is 27.7 Å². The van der Waals surface area contributed by atoms with Crippen LogP contribution in [0.5, 0.6) is 0 Å². The molecule has 4 nitrogen and oxygen atoms in total.